The Kier molecular flexibility index (Phi) is 4.42. The number of benzene rings is 1. The largest absolute Gasteiger partial charge is 0.378 e. The van der Waals surface area contributed by atoms with Crippen LogP contribution in [-0.2, 0) is 4.74 Å². The average Bonchev–Trinajstić information content (AvgIpc) is 2.59. The van der Waals surface area contributed by atoms with Crippen molar-refractivity contribution in [1.82, 2.24) is 14.9 Å². The minimum atomic E-state index is -0.765. The van der Waals surface area contributed by atoms with Crippen LogP contribution in [0.4, 0.5) is 20.4 Å². The highest BCUT2D eigenvalue weighted by atomic mass is 19.1. The molecule has 0 spiro atoms. The summed E-state index contributed by atoms with van der Waals surface area (Å²) in [4.78, 5) is 21.9. The third kappa shape index (κ3) is 3.42. The monoisotopic (exact) mass is 320 g/mol. The van der Waals surface area contributed by atoms with E-state index < -0.39 is 11.6 Å². The van der Waals surface area contributed by atoms with E-state index in [9.17, 15) is 13.6 Å². The van der Waals surface area contributed by atoms with Crippen molar-refractivity contribution in [1.29, 1.82) is 0 Å². The molecule has 0 saturated carbocycles. The maximum Gasteiger partial charge on any atom is 0.272 e. The number of amides is 1. The van der Waals surface area contributed by atoms with Crippen LogP contribution in [0.3, 0.4) is 0 Å². The molecular weight excluding hydrogens is 306 g/mol. The van der Waals surface area contributed by atoms with Crippen molar-refractivity contribution in [2.45, 2.75) is 0 Å². The quantitative estimate of drug-likeness (QED) is 0.936. The van der Waals surface area contributed by atoms with Crippen LogP contribution in [-0.4, -0.2) is 47.1 Å². The van der Waals surface area contributed by atoms with E-state index in [0.717, 1.165) is 12.1 Å². The van der Waals surface area contributed by atoms with Gasteiger partial charge in [-0.15, -0.1) is 0 Å². The SMILES string of the molecule is O=C(c1ccnc(Nc2c(F)cccc2F)n1)N1CCOCC1. The molecule has 0 aliphatic carbocycles. The summed E-state index contributed by atoms with van der Waals surface area (Å²) in [5.74, 6) is -1.85. The summed E-state index contributed by atoms with van der Waals surface area (Å²) in [6, 6.07) is 4.96. The molecule has 1 saturated heterocycles. The Balaban J connectivity index is 1.81. The summed E-state index contributed by atoms with van der Waals surface area (Å²) in [6.07, 6.45) is 1.36. The normalized spacial score (nSPS) is 14.6. The molecule has 1 fully saturated rings. The van der Waals surface area contributed by atoms with Crippen LogP contribution in [0.2, 0.25) is 0 Å². The molecule has 0 atom stereocenters. The first-order valence-electron chi connectivity index (χ1n) is 7.06. The predicted molar refractivity (Wildman–Crippen MR) is 78.4 cm³/mol. The van der Waals surface area contributed by atoms with E-state index in [2.05, 4.69) is 15.3 Å². The second-order valence-electron chi connectivity index (χ2n) is 4.89. The second-order valence-corrected chi connectivity index (χ2v) is 4.89. The van der Waals surface area contributed by atoms with Crippen LogP contribution in [0, 0.1) is 11.6 Å². The van der Waals surface area contributed by atoms with E-state index in [1.165, 1.54) is 18.3 Å². The van der Waals surface area contributed by atoms with Crippen molar-refractivity contribution in [3.8, 4) is 0 Å². The highest BCUT2D eigenvalue weighted by molar-refractivity contribution is 5.92. The zero-order valence-corrected chi connectivity index (χ0v) is 12.1. The summed E-state index contributed by atoms with van der Waals surface area (Å²) >= 11 is 0. The molecule has 0 radical (unpaired) electrons. The number of morpholine rings is 1. The van der Waals surface area contributed by atoms with Gasteiger partial charge in [0, 0.05) is 19.3 Å². The van der Waals surface area contributed by atoms with Crippen LogP contribution in [0.1, 0.15) is 10.5 Å². The smallest absolute Gasteiger partial charge is 0.272 e. The van der Waals surface area contributed by atoms with Gasteiger partial charge in [-0.05, 0) is 18.2 Å². The van der Waals surface area contributed by atoms with Crippen molar-refractivity contribution in [3.05, 3.63) is 47.8 Å². The number of para-hydroxylation sites is 1. The van der Waals surface area contributed by atoms with Crippen LogP contribution < -0.4 is 5.32 Å². The van der Waals surface area contributed by atoms with Crippen molar-refractivity contribution in [2.75, 3.05) is 31.6 Å². The topological polar surface area (TPSA) is 67.4 Å². The molecule has 3 rings (SSSR count). The van der Waals surface area contributed by atoms with Crippen LogP contribution in [0.15, 0.2) is 30.5 Å². The molecule has 23 heavy (non-hydrogen) atoms. The molecule has 120 valence electrons. The van der Waals surface area contributed by atoms with Gasteiger partial charge in [0.15, 0.2) is 0 Å². The van der Waals surface area contributed by atoms with Gasteiger partial charge in [0.2, 0.25) is 5.95 Å². The van der Waals surface area contributed by atoms with Gasteiger partial charge < -0.3 is 15.0 Å². The molecule has 1 aliphatic heterocycles. The number of halogens is 2. The minimum absolute atomic E-state index is 0.0480. The lowest BCUT2D eigenvalue weighted by Crippen LogP contribution is -2.41. The third-order valence-electron chi connectivity index (χ3n) is 3.37. The molecule has 6 nitrogen and oxygen atoms in total. The number of anilines is 2. The summed E-state index contributed by atoms with van der Waals surface area (Å²) in [7, 11) is 0. The molecule has 1 aromatic heterocycles. The van der Waals surface area contributed by atoms with Crippen molar-refractivity contribution in [3.63, 3.8) is 0 Å². The van der Waals surface area contributed by atoms with Gasteiger partial charge in [-0.1, -0.05) is 6.07 Å². The molecular formula is C15H14F2N4O2. The van der Waals surface area contributed by atoms with E-state index >= 15 is 0 Å². The first kappa shape index (κ1) is 15.3. The molecule has 1 aromatic carbocycles. The zero-order chi connectivity index (χ0) is 16.2. The van der Waals surface area contributed by atoms with Crippen LogP contribution in [0.5, 0.6) is 0 Å². The van der Waals surface area contributed by atoms with Crippen molar-refractivity contribution >= 4 is 17.5 Å². The first-order chi connectivity index (χ1) is 11.1. The number of carbonyl (C=O) groups excluding carboxylic acids is 1. The lowest BCUT2D eigenvalue weighted by atomic mass is 10.3. The molecule has 8 heteroatoms. The predicted octanol–water partition coefficient (Wildman–Crippen LogP) is 1.97. The highest BCUT2D eigenvalue weighted by Gasteiger charge is 2.20. The maximum atomic E-state index is 13.6. The Morgan fingerprint density at radius 3 is 2.57 bits per heavy atom. The van der Waals surface area contributed by atoms with E-state index in [0.29, 0.717) is 26.3 Å². The number of aromatic nitrogens is 2. The number of rotatable bonds is 3. The maximum absolute atomic E-state index is 13.6. The number of hydrogen-bond acceptors (Lipinski definition) is 5. The number of carbonyl (C=O) groups is 1. The molecule has 2 heterocycles. The summed E-state index contributed by atoms with van der Waals surface area (Å²) < 4.78 is 32.5. The molecule has 2 aromatic rings. The Morgan fingerprint density at radius 1 is 1.17 bits per heavy atom. The van der Waals surface area contributed by atoms with E-state index in [1.807, 2.05) is 0 Å². The van der Waals surface area contributed by atoms with E-state index in [-0.39, 0.29) is 23.2 Å². The number of ether oxygens (including phenoxy) is 1. The fraction of sp³-hybridized carbons (Fsp3) is 0.267. The summed E-state index contributed by atoms with van der Waals surface area (Å²) in [5, 5.41) is 2.47. The fourth-order valence-corrected chi connectivity index (χ4v) is 2.20. The molecule has 1 N–H and O–H groups in total. The van der Waals surface area contributed by atoms with Gasteiger partial charge in [-0.25, -0.2) is 18.7 Å². The number of nitrogens with zero attached hydrogens (tertiary/aromatic N) is 3. The summed E-state index contributed by atoms with van der Waals surface area (Å²) in [5.41, 5.74) is -0.204. The lowest BCUT2D eigenvalue weighted by Gasteiger charge is -2.26. The van der Waals surface area contributed by atoms with Crippen LogP contribution in [0.25, 0.3) is 0 Å². The van der Waals surface area contributed by atoms with Gasteiger partial charge in [-0.2, -0.15) is 0 Å². The average molecular weight is 320 g/mol. The van der Waals surface area contributed by atoms with Gasteiger partial charge in [0.05, 0.1) is 13.2 Å². The minimum Gasteiger partial charge on any atom is -0.378 e. The molecule has 1 aliphatic rings. The Morgan fingerprint density at radius 2 is 1.87 bits per heavy atom. The Labute approximate surface area is 131 Å². The summed E-state index contributed by atoms with van der Waals surface area (Å²) in [6.45, 7) is 1.91. The fourth-order valence-electron chi connectivity index (χ4n) is 2.20. The number of nitrogens with one attached hydrogen (secondary N) is 1. The standard InChI is InChI=1S/C15H14F2N4O2/c16-10-2-1-3-11(17)13(10)20-15-18-5-4-12(19-15)14(22)21-6-8-23-9-7-21/h1-5H,6-9H2,(H,18,19,20). The van der Waals surface area contributed by atoms with Crippen LogP contribution >= 0.6 is 0 Å². The number of hydrogen-bond donors (Lipinski definition) is 1. The first-order valence-corrected chi connectivity index (χ1v) is 7.06. The Bertz CT molecular complexity index is 700. The lowest BCUT2D eigenvalue weighted by molar-refractivity contribution is 0.0299. The third-order valence-corrected chi connectivity index (χ3v) is 3.37. The van der Waals surface area contributed by atoms with E-state index in [4.69, 9.17) is 4.74 Å². The van der Waals surface area contributed by atoms with E-state index in [1.54, 1.807) is 4.90 Å². The van der Waals surface area contributed by atoms with Crippen molar-refractivity contribution in [2.24, 2.45) is 0 Å². The Hall–Kier alpha value is -2.61. The molecule has 1 amide bonds. The highest BCUT2D eigenvalue weighted by Crippen LogP contribution is 2.21. The molecule has 0 unspecified atom stereocenters. The van der Waals surface area contributed by atoms with Gasteiger partial charge >= 0.3 is 0 Å². The van der Waals surface area contributed by atoms with Crippen molar-refractivity contribution < 1.29 is 18.3 Å². The van der Waals surface area contributed by atoms with Gasteiger partial charge in [0.1, 0.15) is 23.0 Å². The second kappa shape index (κ2) is 6.66. The molecule has 0 bridgehead atoms. The van der Waals surface area contributed by atoms with Gasteiger partial charge in [0.25, 0.3) is 5.91 Å². The van der Waals surface area contributed by atoms with Gasteiger partial charge in [-0.3, -0.25) is 4.79 Å². The zero-order valence-electron chi connectivity index (χ0n) is 12.1.